The molecule has 0 atom stereocenters. The maximum absolute atomic E-state index is 12.9. The Morgan fingerprint density at radius 1 is 1.07 bits per heavy atom. The van der Waals surface area contributed by atoms with Gasteiger partial charge in [-0.05, 0) is 61.7 Å². The third-order valence-corrected chi connectivity index (χ3v) is 4.79. The molecule has 2 aromatic carbocycles. The van der Waals surface area contributed by atoms with Crippen molar-refractivity contribution >= 4 is 34.8 Å². The predicted octanol–water partition coefficient (Wildman–Crippen LogP) is 4.08. The van der Waals surface area contributed by atoms with Crippen LogP contribution in [-0.2, 0) is 4.79 Å². The second kappa shape index (κ2) is 7.26. The van der Waals surface area contributed by atoms with Crippen molar-refractivity contribution in [1.82, 2.24) is 0 Å². The molecule has 144 valence electrons. The summed E-state index contributed by atoms with van der Waals surface area (Å²) in [6.07, 6.45) is 1.65. The molecule has 0 aromatic heterocycles. The quantitative estimate of drug-likeness (QED) is 0.456. The van der Waals surface area contributed by atoms with E-state index in [4.69, 9.17) is 0 Å². The lowest BCUT2D eigenvalue weighted by Crippen LogP contribution is -2.21. The summed E-state index contributed by atoms with van der Waals surface area (Å²) in [5, 5.41) is 17.2. The van der Waals surface area contributed by atoms with Gasteiger partial charge in [0.1, 0.15) is 5.69 Å². The molecule has 0 fully saturated rings. The predicted molar refractivity (Wildman–Crippen MR) is 112 cm³/mol. The van der Waals surface area contributed by atoms with Crippen molar-refractivity contribution in [2.75, 3.05) is 24.0 Å². The second-order valence-electron chi connectivity index (χ2n) is 7.03. The number of nitro benzene ring substituents is 1. The summed E-state index contributed by atoms with van der Waals surface area (Å²) in [5.41, 5.74) is 4.98. The van der Waals surface area contributed by atoms with E-state index in [0.717, 1.165) is 11.1 Å². The van der Waals surface area contributed by atoms with Gasteiger partial charge >= 0.3 is 0 Å². The summed E-state index contributed by atoms with van der Waals surface area (Å²) in [6.45, 7) is 5.75. The maximum atomic E-state index is 12.9. The number of hydrogen-bond donors (Lipinski definition) is 0. The first-order valence-corrected chi connectivity index (χ1v) is 8.84. The Bertz CT molecular complexity index is 1040. The van der Waals surface area contributed by atoms with Crippen LogP contribution in [-0.4, -0.2) is 30.6 Å². The van der Waals surface area contributed by atoms with Crippen LogP contribution in [0.4, 0.5) is 17.1 Å². The number of hydrogen-bond acceptors (Lipinski definition) is 5. The van der Waals surface area contributed by atoms with E-state index < -0.39 is 4.92 Å². The molecule has 0 spiro atoms. The first kappa shape index (κ1) is 19.3. The van der Waals surface area contributed by atoms with Crippen molar-refractivity contribution in [2.24, 2.45) is 5.10 Å². The van der Waals surface area contributed by atoms with Gasteiger partial charge in [-0.2, -0.15) is 10.1 Å². The van der Waals surface area contributed by atoms with E-state index in [-0.39, 0.29) is 11.6 Å². The summed E-state index contributed by atoms with van der Waals surface area (Å²) in [6, 6.07) is 10.6. The molecular weight excluding hydrogens is 356 g/mol. The van der Waals surface area contributed by atoms with Gasteiger partial charge in [0, 0.05) is 20.2 Å². The molecule has 0 unspecified atom stereocenters. The molecule has 0 radical (unpaired) electrons. The normalized spacial score (nSPS) is 15.2. The van der Waals surface area contributed by atoms with Crippen molar-refractivity contribution in [1.29, 1.82) is 0 Å². The number of aryl methyl sites for hydroxylation is 2. The molecule has 3 rings (SSSR count). The number of carbonyl (C=O) groups is 1. The van der Waals surface area contributed by atoms with Crippen LogP contribution in [0.5, 0.6) is 0 Å². The molecule has 28 heavy (non-hydrogen) atoms. The SMILES string of the molecule is CC1=NN(c2ccc(C)c(C)c2)C(=O)/C1=C\c1ccc(N(C)C)c([N+](=O)[O-])c1. The largest absolute Gasteiger partial charge is 0.372 e. The molecule has 1 heterocycles. The first-order valence-electron chi connectivity index (χ1n) is 8.84. The smallest absolute Gasteiger partial charge is 0.293 e. The summed E-state index contributed by atoms with van der Waals surface area (Å²) < 4.78 is 0. The fraction of sp³-hybridized carbons (Fsp3) is 0.238. The maximum Gasteiger partial charge on any atom is 0.293 e. The number of benzene rings is 2. The number of nitro groups is 1. The van der Waals surface area contributed by atoms with Crippen LogP contribution in [0, 0.1) is 24.0 Å². The Hall–Kier alpha value is -3.48. The highest BCUT2D eigenvalue weighted by molar-refractivity contribution is 6.32. The fourth-order valence-electron chi connectivity index (χ4n) is 3.04. The molecule has 1 aliphatic heterocycles. The van der Waals surface area contributed by atoms with Crippen molar-refractivity contribution in [2.45, 2.75) is 20.8 Å². The zero-order valence-corrected chi connectivity index (χ0v) is 16.6. The van der Waals surface area contributed by atoms with Gasteiger partial charge in [-0.1, -0.05) is 12.1 Å². The third-order valence-electron chi connectivity index (χ3n) is 4.79. The topological polar surface area (TPSA) is 79.0 Å². The van der Waals surface area contributed by atoms with E-state index in [1.54, 1.807) is 44.1 Å². The molecule has 0 saturated carbocycles. The van der Waals surface area contributed by atoms with Crippen molar-refractivity contribution in [3.05, 3.63) is 68.8 Å². The third kappa shape index (κ3) is 3.51. The van der Waals surface area contributed by atoms with Gasteiger partial charge in [0.15, 0.2) is 0 Å². The lowest BCUT2D eigenvalue weighted by atomic mass is 10.1. The zero-order chi connectivity index (χ0) is 20.6. The molecule has 0 N–H and O–H groups in total. The molecule has 1 amide bonds. The minimum atomic E-state index is -0.420. The van der Waals surface area contributed by atoms with Crippen LogP contribution in [0.3, 0.4) is 0 Å². The summed E-state index contributed by atoms with van der Waals surface area (Å²) in [5.74, 6) is -0.250. The number of rotatable bonds is 4. The van der Waals surface area contributed by atoms with Crippen molar-refractivity contribution in [3.8, 4) is 0 Å². The average Bonchev–Trinajstić information content (AvgIpc) is 2.92. The number of amides is 1. The molecule has 1 aliphatic rings. The average molecular weight is 378 g/mol. The van der Waals surface area contributed by atoms with Crippen LogP contribution >= 0.6 is 0 Å². The van der Waals surface area contributed by atoms with Gasteiger partial charge < -0.3 is 4.90 Å². The summed E-state index contributed by atoms with van der Waals surface area (Å²) in [7, 11) is 3.50. The Labute approximate surface area is 163 Å². The van der Waals surface area contributed by atoms with Gasteiger partial charge in [0.2, 0.25) is 0 Å². The molecule has 0 aliphatic carbocycles. The Kier molecular flexibility index (Phi) is 5.00. The molecule has 0 saturated heterocycles. The monoisotopic (exact) mass is 378 g/mol. The minimum Gasteiger partial charge on any atom is -0.372 e. The second-order valence-corrected chi connectivity index (χ2v) is 7.03. The molecular formula is C21H22N4O3. The van der Waals surface area contributed by atoms with Crippen LogP contribution in [0.25, 0.3) is 6.08 Å². The van der Waals surface area contributed by atoms with Crippen molar-refractivity contribution in [3.63, 3.8) is 0 Å². The number of nitrogens with zero attached hydrogens (tertiary/aromatic N) is 4. The van der Waals surface area contributed by atoms with E-state index in [1.165, 1.54) is 11.1 Å². The van der Waals surface area contributed by atoms with Crippen LogP contribution in [0.2, 0.25) is 0 Å². The summed E-state index contributed by atoms with van der Waals surface area (Å²) in [4.78, 5) is 25.6. The van der Waals surface area contributed by atoms with Gasteiger partial charge in [-0.15, -0.1) is 0 Å². The van der Waals surface area contributed by atoms with Gasteiger partial charge in [0.25, 0.3) is 11.6 Å². The van der Waals surface area contributed by atoms with E-state index in [2.05, 4.69) is 5.10 Å². The Morgan fingerprint density at radius 3 is 2.39 bits per heavy atom. The van der Waals surface area contributed by atoms with Gasteiger partial charge in [-0.25, -0.2) is 0 Å². The molecule has 2 aromatic rings. The number of hydrazone groups is 1. The van der Waals surface area contributed by atoms with Crippen LogP contribution < -0.4 is 9.91 Å². The number of anilines is 2. The zero-order valence-electron chi connectivity index (χ0n) is 16.6. The molecule has 7 heteroatoms. The van der Waals surface area contributed by atoms with Crippen molar-refractivity contribution < 1.29 is 9.72 Å². The number of carbonyl (C=O) groups excluding carboxylic acids is 1. The fourth-order valence-corrected chi connectivity index (χ4v) is 3.04. The standard InChI is InChI=1S/C21H22N4O3/c1-13-6-8-17(10-14(13)2)24-21(26)18(15(3)22-24)11-16-7-9-19(23(4)5)20(12-16)25(27)28/h6-12H,1-5H3/b18-11-. The van der Waals surface area contributed by atoms with E-state index in [1.807, 2.05) is 32.0 Å². The lowest BCUT2D eigenvalue weighted by Gasteiger charge is -2.14. The molecule has 0 bridgehead atoms. The minimum absolute atomic E-state index is 0.00889. The highest BCUT2D eigenvalue weighted by Crippen LogP contribution is 2.30. The Balaban J connectivity index is 1.98. The van der Waals surface area contributed by atoms with E-state index in [9.17, 15) is 14.9 Å². The molecule has 7 nitrogen and oxygen atoms in total. The van der Waals surface area contributed by atoms with Gasteiger partial charge in [-0.3, -0.25) is 14.9 Å². The van der Waals surface area contributed by atoms with Gasteiger partial charge in [0.05, 0.1) is 21.9 Å². The first-order chi connectivity index (χ1) is 13.2. The Morgan fingerprint density at radius 2 is 1.79 bits per heavy atom. The highest BCUT2D eigenvalue weighted by Gasteiger charge is 2.29. The van der Waals surface area contributed by atoms with Crippen LogP contribution in [0.15, 0.2) is 47.1 Å². The van der Waals surface area contributed by atoms with E-state index in [0.29, 0.717) is 28.2 Å². The lowest BCUT2D eigenvalue weighted by molar-refractivity contribution is -0.384. The van der Waals surface area contributed by atoms with Crippen LogP contribution in [0.1, 0.15) is 23.6 Å². The van der Waals surface area contributed by atoms with E-state index >= 15 is 0 Å². The summed E-state index contributed by atoms with van der Waals surface area (Å²) >= 11 is 0. The highest BCUT2D eigenvalue weighted by atomic mass is 16.6.